The Morgan fingerprint density at radius 3 is 1.68 bits per heavy atom. The molecule has 0 saturated carbocycles. The number of hydrogen-bond donors (Lipinski definition) is 3. The van der Waals surface area contributed by atoms with Crippen molar-refractivity contribution in [2.45, 2.75) is 96.3 Å². The molecule has 0 aromatic carbocycles. The molecule has 4 N–H and O–H groups in total. The molecule has 0 fully saturated rings. The summed E-state index contributed by atoms with van der Waals surface area (Å²) >= 11 is 0. The van der Waals surface area contributed by atoms with Crippen LogP contribution in [0.5, 0.6) is 0 Å². The Hall–Kier alpha value is 0.170. The van der Waals surface area contributed by atoms with Gasteiger partial charge in [0.25, 0.3) is 0 Å². The first-order valence-electron chi connectivity index (χ1n) is 7.78. The minimum Gasteiger partial charge on any atom is -0.368 e. The first-order valence-corrected chi connectivity index (χ1v) is 7.78. The van der Waals surface area contributed by atoms with Gasteiger partial charge in [-0.3, -0.25) is 0 Å². The molecular formula is C15H34ClNO2. The molecular weight excluding hydrogens is 262 g/mol. The van der Waals surface area contributed by atoms with Crippen molar-refractivity contribution in [2.75, 3.05) is 0 Å². The molecule has 0 spiro atoms. The zero-order chi connectivity index (χ0) is 13.6. The van der Waals surface area contributed by atoms with E-state index in [2.05, 4.69) is 6.92 Å². The number of rotatable bonds is 13. The van der Waals surface area contributed by atoms with Gasteiger partial charge in [-0.1, -0.05) is 64.7 Å². The summed E-state index contributed by atoms with van der Waals surface area (Å²) in [4.78, 5) is 0. The number of nitrogens with two attached hydrogens (primary N) is 1. The van der Waals surface area contributed by atoms with Crippen molar-refractivity contribution in [1.29, 1.82) is 0 Å². The van der Waals surface area contributed by atoms with Crippen molar-refractivity contribution in [3.05, 3.63) is 0 Å². The van der Waals surface area contributed by atoms with Crippen LogP contribution in [0.3, 0.4) is 0 Å². The number of halogens is 1. The third-order valence-corrected chi connectivity index (χ3v) is 3.47. The number of unbranched alkanes of at least 4 members (excludes halogenated alkanes) is 8. The lowest BCUT2D eigenvalue weighted by atomic mass is 10.0. The molecule has 0 heterocycles. The van der Waals surface area contributed by atoms with E-state index in [0.717, 1.165) is 6.42 Å². The summed E-state index contributed by atoms with van der Waals surface area (Å²) in [5.41, 5.74) is 5.90. The average Bonchev–Trinajstić information content (AvgIpc) is 2.34. The lowest BCUT2D eigenvalue weighted by Crippen LogP contribution is -2.21. The van der Waals surface area contributed by atoms with Gasteiger partial charge < -0.3 is 15.9 Å². The van der Waals surface area contributed by atoms with E-state index >= 15 is 0 Å². The van der Waals surface area contributed by atoms with Crippen molar-refractivity contribution in [2.24, 2.45) is 5.73 Å². The topological polar surface area (TPSA) is 66.5 Å². The van der Waals surface area contributed by atoms with E-state index in [0.29, 0.717) is 12.8 Å². The Kier molecular flexibility index (Phi) is 18.3. The highest BCUT2D eigenvalue weighted by Crippen LogP contribution is 2.12. The van der Waals surface area contributed by atoms with Gasteiger partial charge in [-0.15, -0.1) is 12.4 Å². The third kappa shape index (κ3) is 18.2. The van der Waals surface area contributed by atoms with Crippen molar-refractivity contribution < 1.29 is 10.2 Å². The zero-order valence-corrected chi connectivity index (χ0v) is 13.3. The van der Waals surface area contributed by atoms with Crippen LogP contribution < -0.4 is 5.73 Å². The quantitative estimate of drug-likeness (QED) is 0.358. The summed E-state index contributed by atoms with van der Waals surface area (Å²) in [6.07, 6.45) is 12.9. The first kappa shape index (κ1) is 21.5. The molecule has 0 aromatic rings. The van der Waals surface area contributed by atoms with E-state index in [1.54, 1.807) is 0 Å². The Labute approximate surface area is 125 Å². The van der Waals surface area contributed by atoms with Gasteiger partial charge in [0.1, 0.15) is 0 Å². The Balaban J connectivity index is 0. The van der Waals surface area contributed by atoms with Gasteiger partial charge in [0.05, 0.1) is 0 Å². The summed E-state index contributed by atoms with van der Waals surface area (Å²) in [7, 11) is 0. The molecule has 0 amide bonds. The molecule has 4 heteroatoms. The van der Waals surface area contributed by atoms with Crippen LogP contribution in [-0.2, 0) is 0 Å². The standard InChI is InChI=1S/C15H33NO2.ClH/c1-2-3-4-5-6-7-8-9-10-11-14(16)12-13-15(17)18;/h14-15,17-18H,2-13,16H2,1H3;1H. The Morgan fingerprint density at radius 1 is 0.737 bits per heavy atom. The Morgan fingerprint density at radius 2 is 1.21 bits per heavy atom. The van der Waals surface area contributed by atoms with Gasteiger partial charge >= 0.3 is 0 Å². The molecule has 3 nitrogen and oxygen atoms in total. The van der Waals surface area contributed by atoms with Crippen LogP contribution in [0.1, 0.15) is 84.0 Å². The van der Waals surface area contributed by atoms with Crippen molar-refractivity contribution in [1.82, 2.24) is 0 Å². The molecule has 0 aliphatic rings. The zero-order valence-electron chi connectivity index (χ0n) is 12.5. The summed E-state index contributed by atoms with van der Waals surface area (Å²) in [5, 5.41) is 17.5. The van der Waals surface area contributed by atoms with E-state index in [-0.39, 0.29) is 18.4 Å². The van der Waals surface area contributed by atoms with Crippen molar-refractivity contribution in [3.63, 3.8) is 0 Å². The average molecular weight is 296 g/mol. The fourth-order valence-electron chi connectivity index (χ4n) is 2.22. The second kappa shape index (κ2) is 16.2. The second-order valence-electron chi connectivity index (χ2n) is 5.44. The SMILES string of the molecule is CCCCCCCCCCCC(N)CCC(O)O.Cl. The van der Waals surface area contributed by atoms with Gasteiger partial charge in [-0.2, -0.15) is 0 Å². The highest BCUT2D eigenvalue weighted by atomic mass is 35.5. The number of aliphatic hydroxyl groups is 2. The first-order chi connectivity index (χ1) is 8.66. The predicted octanol–water partition coefficient (Wildman–Crippen LogP) is 3.75. The fraction of sp³-hybridized carbons (Fsp3) is 1.00. The lowest BCUT2D eigenvalue weighted by Gasteiger charge is -2.11. The molecule has 118 valence electrons. The highest BCUT2D eigenvalue weighted by molar-refractivity contribution is 5.85. The largest absolute Gasteiger partial charge is 0.368 e. The molecule has 0 aliphatic heterocycles. The maximum atomic E-state index is 8.73. The van der Waals surface area contributed by atoms with Crippen LogP contribution >= 0.6 is 12.4 Å². The molecule has 0 bridgehead atoms. The van der Waals surface area contributed by atoms with Crippen LogP contribution in [0.2, 0.25) is 0 Å². The van der Waals surface area contributed by atoms with Gasteiger partial charge in [0.15, 0.2) is 6.29 Å². The van der Waals surface area contributed by atoms with Crippen LogP contribution in [-0.4, -0.2) is 22.5 Å². The van der Waals surface area contributed by atoms with E-state index in [4.69, 9.17) is 15.9 Å². The minimum absolute atomic E-state index is 0. The maximum Gasteiger partial charge on any atom is 0.151 e. The summed E-state index contributed by atoms with van der Waals surface area (Å²) in [6, 6.07) is 0.136. The second-order valence-corrected chi connectivity index (χ2v) is 5.44. The van der Waals surface area contributed by atoms with E-state index in [9.17, 15) is 0 Å². The summed E-state index contributed by atoms with van der Waals surface area (Å²) in [6.45, 7) is 2.25. The molecule has 19 heavy (non-hydrogen) atoms. The van der Waals surface area contributed by atoms with E-state index in [1.807, 2.05) is 0 Å². The predicted molar refractivity (Wildman–Crippen MR) is 84.5 cm³/mol. The normalized spacial score (nSPS) is 12.5. The van der Waals surface area contributed by atoms with E-state index in [1.165, 1.54) is 57.8 Å². The van der Waals surface area contributed by atoms with Gasteiger partial charge in [0.2, 0.25) is 0 Å². The van der Waals surface area contributed by atoms with Crippen LogP contribution in [0.15, 0.2) is 0 Å². The molecule has 0 aromatic heterocycles. The number of aliphatic hydroxyl groups excluding tert-OH is 1. The van der Waals surface area contributed by atoms with Gasteiger partial charge in [0, 0.05) is 6.04 Å². The van der Waals surface area contributed by atoms with Crippen molar-refractivity contribution in [3.8, 4) is 0 Å². The lowest BCUT2D eigenvalue weighted by molar-refractivity contribution is -0.0474. The van der Waals surface area contributed by atoms with Gasteiger partial charge in [-0.25, -0.2) is 0 Å². The fourth-order valence-corrected chi connectivity index (χ4v) is 2.22. The summed E-state index contributed by atoms with van der Waals surface area (Å²) in [5.74, 6) is 0. The molecule has 0 aliphatic carbocycles. The van der Waals surface area contributed by atoms with Crippen LogP contribution in [0, 0.1) is 0 Å². The molecule has 1 unspecified atom stereocenters. The van der Waals surface area contributed by atoms with Crippen molar-refractivity contribution >= 4 is 12.4 Å². The van der Waals surface area contributed by atoms with Crippen LogP contribution in [0.4, 0.5) is 0 Å². The molecule has 0 radical (unpaired) electrons. The number of hydrogen-bond acceptors (Lipinski definition) is 3. The maximum absolute atomic E-state index is 8.73. The monoisotopic (exact) mass is 295 g/mol. The molecule has 0 rings (SSSR count). The highest BCUT2D eigenvalue weighted by Gasteiger charge is 2.05. The summed E-state index contributed by atoms with van der Waals surface area (Å²) < 4.78 is 0. The van der Waals surface area contributed by atoms with Gasteiger partial charge in [-0.05, 0) is 19.3 Å². The van der Waals surface area contributed by atoms with Crippen LogP contribution in [0.25, 0.3) is 0 Å². The molecule has 0 saturated heterocycles. The smallest absolute Gasteiger partial charge is 0.151 e. The Bertz CT molecular complexity index is 168. The molecule has 1 atom stereocenters. The third-order valence-electron chi connectivity index (χ3n) is 3.47. The van der Waals surface area contributed by atoms with E-state index < -0.39 is 6.29 Å². The minimum atomic E-state index is -1.20.